The van der Waals surface area contributed by atoms with Crippen LogP contribution in [0.15, 0.2) is 36.7 Å². The number of aromatic carboxylic acids is 1. The number of nitrogens with one attached hydrogen (secondary N) is 1. The first-order valence-electron chi connectivity index (χ1n) is 5.36. The molecule has 0 amide bonds. The van der Waals surface area contributed by atoms with Gasteiger partial charge in [0.05, 0.1) is 11.9 Å². The van der Waals surface area contributed by atoms with Gasteiger partial charge in [-0.25, -0.2) is 14.8 Å². The average molecular weight is 283 g/mol. The molecule has 0 aliphatic carbocycles. The number of carbonyl (C=O) groups is 1. The molecule has 2 rings (SSSR count). The fourth-order valence-corrected chi connectivity index (χ4v) is 1.43. The van der Waals surface area contributed by atoms with Gasteiger partial charge in [-0.1, -0.05) is 0 Å². The zero-order chi connectivity index (χ0) is 14.8. The highest BCUT2D eigenvalue weighted by Gasteiger charge is 2.31. The SMILES string of the molecule is O=C(O)c1cc(Nc2ccc(C(F)(F)F)nc2)ccn1. The van der Waals surface area contributed by atoms with Crippen LogP contribution in [0.5, 0.6) is 0 Å². The smallest absolute Gasteiger partial charge is 0.433 e. The minimum Gasteiger partial charge on any atom is -0.477 e. The highest BCUT2D eigenvalue weighted by Crippen LogP contribution is 2.28. The summed E-state index contributed by atoms with van der Waals surface area (Å²) in [6, 6.07) is 4.79. The topological polar surface area (TPSA) is 75.1 Å². The van der Waals surface area contributed by atoms with E-state index in [0.717, 1.165) is 12.3 Å². The molecule has 20 heavy (non-hydrogen) atoms. The van der Waals surface area contributed by atoms with Crippen LogP contribution in [0.25, 0.3) is 0 Å². The monoisotopic (exact) mass is 283 g/mol. The van der Waals surface area contributed by atoms with Crippen molar-refractivity contribution in [2.45, 2.75) is 6.18 Å². The number of nitrogens with zero attached hydrogens (tertiary/aromatic N) is 2. The Kier molecular flexibility index (Phi) is 3.55. The highest BCUT2D eigenvalue weighted by molar-refractivity contribution is 5.86. The van der Waals surface area contributed by atoms with E-state index in [1.807, 2.05) is 0 Å². The van der Waals surface area contributed by atoms with Crippen molar-refractivity contribution in [3.05, 3.63) is 48.0 Å². The maximum Gasteiger partial charge on any atom is 0.433 e. The Hall–Kier alpha value is -2.64. The van der Waals surface area contributed by atoms with Crippen LogP contribution in [-0.4, -0.2) is 21.0 Å². The summed E-state index contributed by atoms with van der Waals surface area (Å²) < 4.78 is 37.0. The van der Waals surface area contributed by atoms with E-state index >= 15 is 0 Å². The zero-order valence-electron chi connectivity index (χ0n) is 9.85. The predicted molar refractivity (Wildman–Crippen MR) is 63.7 cm³/mol. The Morgan fingerprint density at radius 1 is 1.15 bits per heavy atom. The second-order valence-electron chi connectivity index (χ2n) is 3.79. The third-order valence-corrected chi connectivity index (χ3v) is 2.32. The number of hydrogen-bond acceptors (Lipinski definition) is 4. The van der Waals surface area contributed by atoms with Gasteiger partial charge in [0.15, 0.2) is 0 Å². The number of carboxylic acids is 1. The van der Waals surface area contributed by atoms with Gasteiger partial charge in [-0.15, -0.1) is 0 Å². The molecule has 0 saturated carbocycles. The van der Waals surface area contributed by atoms with Crippen LogP contribution in [0.1, 0.15) is 16.2 Å². The molecule has 2 N–H and O–H groups in total. The van der Waals surface area contributed by atoms with Crippen molar-refractivity contribution in [2.75, 3.05) is 5.32 Å². The minimum atomic E-state index is -4.49. The van der Waals surface area contributed by atoms with E-state index in [1.54, 1.807) is 0 Å². The number of aromatic nitrogens is 2. The molecule has 0 aliphatic heterocycles. The molecule has 8 heteroatoms. The molecule has 0 aromatic carbocycles. The lowest BCUT2D eigenvalue weighted by Gasteiger charge is -2.08. The first-order valence-corrected chi connectivity index (χ1v) is 5.36. The normalized spacial score (nSPS) is 11.2. The Balaban J connectivity index is 2.18. The average Bonchev–Trinajstić information content (AvgIpc) is 2.38. The number of carboxylic acid groups (broad SMARTS) is 1. The van der Waals surface area contributed by atoms with Crippen molar-refractivity contribution < 1.29 is 23.1 Å². The number of anilines is 2. The summed E-state index contributed by atoms with van der Waals surface area (Å²) >= 11 is 0. The fraction of sp³-hybridized carbons (Fsp3) is 0.0833. The van der Waals surface area contributed by atoms with E-state index in [9.17, 15) is 18.0 Å². The minimum absolute atomic E-state index is 0.171. The molecule has 104 valence electrons. The second-order valence-corrected chi connectivity index (χ2v) is 3.79. The molecular formula is C12H8F3N3O2. The number of alkyl halides is 3. The molecule has 0 saturated heterocycles. The number of halogens is 3. The van der Waals surface area contributed by atoms with Crippen LogP contribution >= 0.6 is 0 Å². The van der Waals surface area contributed by atoms with Crippen LogP contribution in [0.4, 0.5) is 24.5 Å². The molecule has 0 atom stereocenters. The predicted octanol–water partition coefficient (Wildman–Crippen LogP) is 2.94. The Bertz CT molecular complexity index is 627. The lowest BCUT2D eigenvalue weighted by atomic mass is 10.3. The van der Waals surface area contributed by atoms with Crippen molar-refractivity contribution in [2.24, 2.45) is 0 Å². The number of pyridine rings is 2. The third kappa shape index (κ3) is 3.22. The fourth-order valence-electron chi connectivity index (χ4n) is 1.43. The van der Waals surface area contributed by atoms with E-state index < -0.39 is 17.8 Å². The molecule has 2 aromatic rings. The zero-order valence-corrected chi connectivity index (χ0v) is 9.85. The van der Waals surface area contributed by atoms with Gasteiger partial charge in [0.1, 0.15) is 11.4 Å². The maximum absolute atomic E-state index is 12.3. The molecule has 0 aliphatic rings. The van der Waals surface area contributed by atoms with E-state index in [1.165, 1.54) is 24.4 Å². The van der Waals surface area contributed by atoms with Crippen molar-refractivity contribution in [1.29, 1.82) is 0 Å². The van der Waals surface area contributed by atoms with Crippen LogP contribution < -0.4 is 5.32 Å². The van der Waals surface area contributed by atoms with Crippen LogP contribution in [-0.2, 0) is 6.18 Å². The van der Waals surface area contributed by atoms with E-state index in [2.05, 4.69) is 15.3 Å². The standard InChI is InChI=1S/C12H8F3N3O2/c13-12(14,15)10-2-1-8(6-17-10)18-7-3-4-16-9(5-7)11(19)20/h1-6H,(H,16,18)(H,19,20). The molecule has 0 bridgehead atoms. The van der Waals surface area contributed by atoms with Crippen molar-refractivity contribution >= 4 is 17.3 Å². The summed E-state index contributed by atoms with van der Waals surface area (Å²) in [5.41, 5.74) is -0.474. The van der Waals surface area contributed by atoms with Gasteiger partial charge in [0.25, 0.3) is 0 Å². The van der Waals surface area contributed by atoms with Crippen LogP contribution in [0.2, 0.25) is 0 Å². The first-order chi connectivity index (χ1) is 9.36. The summed E-state index contributed by atoms with van der Waals surface area (Å²) in [7, 11) is 0. The second kappa shape index (κ2) is 5.16. The van der Waals surface area contributed by atoms with Crippen molar-refractivity contribution in [1.82, 2.24) is 9.97 Å². The lowest BCUT2D eigenvalue weighted by Crippen LogP contribution is -2.07. The summed E-state index contributed by atoms with van der Waals surface area (Å²) in [4.78, 5) is 17.6. The first kappa shape index (κ1) is 13.8. The number of hydrogen-bond donors (Lipinski definition) is 2. The molecule has 5 nitrogen and oxygen atoms in total. The van der Waals surface area contributed by atoms with Crippen LogP contribution in [0, 0.1) is 0 Å². The van der Waals surface area contributed by atoms with Gasteiger partial charge >= 0.3 is 12.1 Å². The maximum atomic E-state index is 12.3. The van der Waals surface area contributed by atoms with Gasteiger partial charge in [0, 0.05) is 11.9 Å². The summed E-state index contributed by atoms with van der Waals surface area (Å²) in [5, 5.41) is 11.5. The third-order valence-electron chi connectivity index (χ3n) is 2.32. The molecule has 0 unspecified atom stereocenters. The summed E-state index contributed by atoms with van der Waals surface area (Å²) in [5.74, 6) is -1.20. The van der Waals surface area contributed by atoms with E-state index in [-0.39, 0.29) is 5.69 Å². The molecule has 0 radical (unpaired) electrons. The molecular weight excluding hydrogens is 275 g/mol. The van der Waals surface area contributed by atoms with Gasteiger partial charge in [-0.05, 0) is 24.3 Å². The molecule has 0 spiro atoms. The Morgan fingerprint density at radius 2 is 1.90 bits per heavy atom. The molecule has 2 heterocycles. The van der Waals surface area contributed by atoms with E-state index in [0.29, 0.717) is 11.4 Å². The van der Waals surface area contributed by atoms with Crippen molar-refractivity contribution in [3.63, 3.8) is 0 Å². The van der Waals surface area contributed by atoms with Gasteiger partial charge < -0.3 is 10.4 Å². The van der Waals surface area contributed by atoms with E-state index in [4.69, 9.17) is 5.11 Å². The summed E-state index contributed by atoms with van der Waals surface area (Å²) in [6.45, 7) is 0. The van der Waals surface area contributed by atoms with Gasteiger partial charge in [0.2, 0.25) is 0 Å². The molecule has 2 aromatic heterocycles. The Labute approximate surface area is 111 Å². The Morgan fingerprint density at radius 3 is 2.45 bits per heavy atom. The number of rotatable bonds is 3. The van der Waals surface area contributed by atoms with Crippen LogP contribution in [0.3, 0.4) is 0 Å². The van der Waals surface area contributed by atoms with Gasteiger partial charge in [-0.2, -0.15) is 13.2 Å². The lowest BCUT2D eigenvalue weighted by molar-refractivity contribution is -0.141. The quantitative estimate of drug-likeness (QED) is 0.905. The highest BCUT2D eigenvalue weighted by atomic mass is 19.4. The molecule has 0 fully saturated rings. The largest absolute Gasteiger partial charge is 0.477 e. The van der Waals surface area contributed by atoms with Gasteiger partial charge in [-0.3, -0.25) is 0 Å². The summed E-state index contributed by atoms with van der Waals surface area (Å²) in [6.07, 6.45) is -2.20. The van der Waals surface area contributed by atoms with Crippen molar-refractivity contribution in [3.8, 4) is 0 Å².